The maximum atomic E-state index is 12.7. The molecule has 152 valence electrons. The van der Waals surface area contributed by atoms with E-state index < -0.39 is 4.92 Å². The van der Waals surface area contributed by atoms with Crippen LogP contribution in [0.5, 0.6) is 0 Å². The van der Waals surface area contributed by atoms with Crippen LogP contribution in [0.15, 0.2) is 42.5 Å². The van der Waals surface area contributed by atoms with E-state index in [1.54, 1.807) is 42.2 Å². The number of piperazine rings is 1. The Bertz CT molecular complexity index is 942. The molecule has 0 aliphatic carbocycles. The monoisotopic (exact) mass is 416 g/mol. The van der Waals surface area contributed by atoms with Gasteiger partial charge in [0.05, 0.1) is 22.2 Å². The normalized spacial score (nSPS) is 14.5. The van der Waals surface area contributed by atoms with Crippen molar-refractivity contribution in [2.75, 3.05) is 38.0 Å². The largest absolute Gasteiger partial charge is 0.336 e. The third-order valence-corrected chi connectivity index (χ3v) is 5.14. The molecule has 2 aromatic carbocycles. The number of rotatable bonds is 5. The number of carbonyl (C=O) groups is 2. The minimum atomic E-state index is -0.462. The van der Waals surface area contributed by atoms with E-state index in [1.165, 1.54) is 12.1 Å². The zero-order valence-electron chi connectivity index (χ0n) is 15.9. The number of nitro benzene ring substituents is 1. The van der Waals surface area contributed by atoms with Crippen molar-refractivity contribution in [2.24, 2.45) is 0 Å². The maximum absolute atomic E-state index is 12.7. The summed E-state index contributed by atoms with van der Waals surface area (Å²) in [5.74, 6) is -0.327. The molecule has 2 amide bonds. The highest BCUT2D eigenvalue weighted by atomic mass is 35.5. The molecular formula is C20H21ClN4O4. The van der Waals surface area contributed by atoms with Crippen LogP contribution in [0.25, 0.3) is 0 Å². The highest BCUT2D eigenvalue weighted by Crippen LogP contribution is 2.21. The number of hydrogen-bond donors (Lipinski definition) is 1. The van der Waals surface area contributed by atoms with E-state index in [1.807, 2.05) is 4.90 Å². The Morgan fingerprint density at radius 1 is 1.14 bits per heavy atom. The third-order valence-electron chi connectivity index (χ3n) is 4.82. The van der Waals surface area contributed by atoms with Crippen molar-refractivity contribution in [3.63, 3.8) is 0 Å². The third kappa shape index (κ3) is 5.10. The van der Waals surface area contributed by atoms with Crippen LogP contribution >= 0.6 is 11.6 Å². The van der Waals surface area contributed by atoms with E-state index in [-0.39, 0.29) is 24.0 Å². The summed E-state index contributed by atoms with van der Waals surface area (Å²) < 4.78 is 0. The number of nitro groups is 1. The first-order chi connectivity index (χ1) is 13.8. The molecule has 1 saturated heterocycles. The first kappa shape index (κ1) is 20.8. The summed E-state index contributed by atoms with van der Waals surface area (Å²) in [6.45, 7) is 3.91. The highest BCUT2D eigenvalue weighted by molar-refractivity contribution is 6.33. The molecule has 2 aromatic rings. The second-order valence-corrected chi connectivity index (χ2v) is 7.26. The summed E-state index contributed by atoms with van der Waals surface area (Å²) in [6.07, 6.45) is 0. The number of nitrogens with one attached hydrogen (secondary N) is 1. The van der Waals surface area contributed by atoms with Crippen LogP contribution < -0.4 is 5.32 Å². The number of amides is 2. The minimum Gasteiger partial charge on any atom is -0.336 e. The molecule has 0 unspecified atom stereocenters. The Kier molecular flexibility index (Phi) is 6.46. The first-order valence-corrected chi connectivity index (χ1v) is 9.54. The molecule has 1 heterocycles. The molecule has 0 aromatic heterocycles. The van der Waals surface area contributed by atoms with Gasteiger partial charge in [0.25, 0.3) is 11.6 Å². The fourth-order valence-electron chi connectivity index (χ4n) is 3.24. The zero-order valence-corrected chi connectivity index (χ0v) is 16.7. The second kappa shape index (κ2) is 9.02. The average Bonchev–Trinajstić information content (AvgIpc) is 2.69. The van der Waals surface area contributed by atoms with Crippen molar-refractivity contribution in [3.8, 4) is 0 Å². The van der Waals surface area contributed by atoms with E-state index >= 15 is 0 Å². The summed E-state index contributed by atoms with van der Waals surface area (Å²) in [5, 5.41) is 14.2. The van der Waals surface area contributed by atoms with Gasteiger partial charge in [-0.2, -0.15) is 0 Å². The number of aryl methyl sites for hydroxylation is 1. The van der Waals surface area contributed by atoms with Crippen LogP contribution in [0, 0.1) is 17.0 Å². The van der Waals surface area contributed by atoms with Gasteiger partial charge in [0.15, 0.2) is 0 Å². The van der Waals surface area contributed by atoms with Crippen LogP contribution in [0.1, 0.15) is 15.9 Å². The standard InChI is InChI=1S/C20H21ClN4O4/c1-14-12-15(6-7-18(14)25(28)29)20(27)24-10-8-23(9-11-24)13-19(26)22-17-5-3-2-4-16(17)21/h2-7,12H,8-11,13H2,1H3,(H,22,26). The first-order valence-electron chi connectivity index (χ1n) is 9.16. The van der Waals surface area contributed by atoms with Gasteiger partial charge < -0.3 is 10.2 Å². The lowest BCUT2D eigenvalue weighted by Crippen LogP contribution is -2.50. The van der Waals surface area contributed by atoms with Crippen molar-refractivity contribution in [1.82, 2.24) is 9.80 Å². The van der Waals surface area contributed by atoms with Crippen LogP contribution in [0.3, 0.4) is 0 Å². The average molecular weight is 417 g/mol. The van der Waals surface area contributed by atoms with Gasteiger partial charge >= 0.3 is 0 Å². The molecule has 0 spiro atoms. The summed E-state index contributed by atoms with van der Waals surface area (Å²) in [4.78, 5) is 39.1. The molecule has 1 aliphatic heterocycles. The number of para-hydroxylation sites is 1. The van der Waals surface area contributed by atoms with E-state index in [0.717, 1.165) is 0 Å². The van der Waals surface area contributed by atoms with Crippen LogP contribution in [0.4, 0.5) is 11.4 Å². The predicted molar refractivity (Wildman–Crippen MR) is 110 cm³/mol. The lowest BCUT2D eigenvalue weighted by Gasteiger charge is -2.34. The van der Waals surface area contributed by atoms with Gasteiger partial charge in [-0.3, -0.25) is 24.6 Å². The Balaban J connectivity index is 1.53. The molecule has 0 atom stereocenters. The fraction of sp³-hybridized carbons (Fsp3) is 0.300. The van der Waals surface area contributed by atoms with Gasteiger partial charge in [-0.15, -0.1) is 0 Å². The molecule has 3 rings (SSSR count). The Labute approximate surface area is 173 Å². The maximum Gasteiger partial charge on any atom is 0.272 e. The van der Waals surface area contributed by atoms with E-state index in [2.05, 4.69) is 5.32 Å². The molecule has 1 aliphatic rings. The SMILES string of the molecule is Cc1cc(C(=O)N2CCN(CC(=O)Nc3ccccc3Cl)CC2)ccc1[N+](=O)[O-]. The highest BCUT2D eigenvalue weighted by Gasteiger charge is 2.24. The van der Waals surface area contributed by atoms with Gasteiger partial charge in [0.2, 0.25) is 5.91 Å². The van der Waals surface area contributed by atoms with Crippen LogP contribution in [-0.4, -0.2) is 59.3 Å². The summed E-state index contributed by atoms with van der Waals surface area (Å²) in [5.41, 5.74) is 1.45. The fourth-order valence-corrected chi connectivity index (χ4v) is 3.42. The molecular weight excluding hydrogens is 396 g/mol. The van der Waals surface area contributed by atoms with E-state index in [9.17, 15) is 19.7 Å². The van der Waals surface area contributed by atoms with Crippen molar-refractivity contribution in [3.05, 3.63) is 68.7 Å². The molecule has 9 heteroatoms. The summed E-state index contributed by atoms with van der Waals surface area (Å²) in [7, 11) is 0. The molecule has 1 N–H and O–H groups in total. The van der Waals surface area contributed by atoms with Crippen molar-refractivity contribution >= 4 is 34.8 Å². The Morgan fingerprint density at radius 2 is 1.83 bits per heavy atom. The lowest BCUT2D eigenvalue weighted by molar-refractivity contribution is -0.385. The number of benzene rings is 2. The molecule has 0 bridgehead atoms. The number of nitrogens with zero attached hydrogens (tertiary/aromatic N) is 3. The van der Waals surface area contributed by atoms with Gasteiger partial charge in [-0.05, 0) is 31.2 Å². The number of halogens is 1. The van der Waals surface area contributed by atoms with Crippen molar-refractivity contribution < 1.29 is 14.5 Å². The molecule has 0 radical (unpaired) electrons. The smallest absolute Gasteiger partial charge is 0.272 e. The summed E-state index contributed by atoms with van der Waals surface area (Å²) >= 11 is 6.05. The molecule has 29 heavy (non-hydrogen) atoms. The minimum absolute atomic E-state index is 0.00380. The molecule has 8 nitrogen and oxygen atoms in total. The quantitative estimate of drug-likeness (QED) is 0.597. The van der Waals surface area contributed by atoms with Crippen molar-refractivity contribution in [1.29, 1.82) is 0 Å². The lowest BCUT2D eigenvalue weighted by atomic mass is 10.1. The van der Waals surface area contributed by atoms with Gasteiger partial charge in [-0.25, -0.2) is 0 Å². The number of anilines is 1. The predicted octanol–water partition coefficient (Wildman–Crippen LogP) is 2.95. The molecule has 0 saturated carbocycles. The summed E-state index contributed by atoms with van der Waals surface area (Å²) in [6, 6.07) is 11.4. The van der Waals surface area contributed by atoms with Gasteiger partial charge in [0.1, 0.15) is 0 Å². The van der Waals surface area contributed by atoms with Crippen molar-refractivity contribution in [2.45, 2.75) is 6.92 Å². The zero-order chi connectivity index (χ0) is 21.0. The van der Waals surface area contributed by atoms with Gasteiger partial charge in [0, 0.05) is 43.4 Å². The topological polar surface area (TPSA) is 95.8 Å². The van der Waals surface area contributed by atoms with Crippen LogP contribution in [-0.2, 0) is 4.79 Å². The number of hydrogen-bond acceptors (Lipinski definition) is 5. The Hall–Kier alpha value is -2.97. The Morgan fingerprint density at radius 3 is 2.45 bits per heavy atom. The van der Waals surface area contributed by atoms with Gasteiger partial charge in [-0.1, -0.05) is 23.7 Å². The number of carbonyl (C=O) groups excluding carboxylic acids is 2. The second-order valence-electron chi connectivity index (χ2n) is 6.85. The van der Waals surface area contributed by atoms with Crippen LogP contribution in [0.2, 0.25) is 5.02 Å². The van der Waals surface area contributed by atoms with E-state index in [4.69, 9.17) is 11.6 Å². The van der Waals surface area contributed by atoms with E-state index in [0.29, 0.717) is 48.0 Å². The molecule has 1 fully saturated rings.